The summed E-state index contributed by atoms with van der Waals surface area (Å²) in [5, 5.41) is 0. The molecule has 1 saturated heterocycles. The van der Waals surface area contributed by atoms with E-state index in [0.717, 1.165) is 12.1 Å². The molecule has 1 fully saturated rings. The minimum atomic E-state index is 0.253. The van der Waals surface area contributed by atoms with Gasteiger partial charge >= 0.3 is 0 Å². The quantitative estimate of drug-likeness (QED) is 0.748. The summed E-state index contributed by atoms with van der Waals surface area (Å²) in [6.07, 6.45) is 1.89. The Hall–Kier alpha value is -0.800. The van der Waals surface area contributed by atoms with Gasteiger partial charge < -0.3 is 4.90 Å². The fourth-order valence-electron chi connectivity index (χ4n) is 2.10. The lowest BCUT2D eigenvalue weighted by atomic mass is 10.1. The zero-order valence-electron chi connectivity index (χ0n) is 10.3. The van der Waals surface area contributed by atoms with Gasteiger partial charge in [-0.05, 0) is 19.2 Å². The molecular weight excluding hydrogens is 230 g/mol. The molecule has 1 aromatic rings. The van der Waals surface area contributed by atoms with E-state index in [1.54, 1.807) is 0 Å². The Morgan fingerprint density at radius 3 is 2.82 bits per heavy atom. The van der Waals surface area contributed by atoms with E-state index in [2.05, 4.69) is 11.9 Å². The van der Waals surface area contributed by atoms with Crippen molar-refractivity contribution in [2.75, 3.05) is 25.1 Å². The van der Waals surface area contributed by atoms with E-state index in [-0.39, 0.29) is 5.78 Å². The topological polar surface area (TPSA) is 20.3 Å². The standard InChI is InChI=1S/C14H19NOS/c1-15(13-8-10-17-11-13)9-7-14(16)12-5-3-2-4-6-12/h2-6,13H,7-11H2,1H3. The molecule has 17 heavy (non-hydrogen) atoms. The van der Waals surface area contributed by atoms with Crippen LogP contribution in [-0.4, -0.2) is 41.8 Å². The van der Waals surface area contributed by atoms with Crippen molar-refractivity contribution in [3.05, 3.63) is 35.9 Å². The summed E-state index contributed by atoms with van der Waals surface area (Å²) in [4.78, 5) is 14.3. The third-order valence-corrected chi connectivity index (χ3v) is 4.46. The summed E-state index contributed by atoms with van der Waals surface area (Å²) in [5.74, 6) is 2.74. The second kappa shape index (κ2) is 6.22. The van der Waals surface area contributed by atoms with Crippen molar-refractivity contribution in [3.63, 3.8) is 0 Å². The van der Waals surface area contributed by atoms with Crippen LogP contribution in [-0.2, 0) is 0 Å². The molecule has 0 saturated carbocycles. The summed E-state index contributed by atoms with van der Waals surface area (Å²) >= 11 is 2.01. The Morgan fingerprint density at radius 1 is 1.41 bits per heavy atom. The van der Waals surface area contributed by atoms with Crippen LogP contribution in [0.5, 0.6) is 0 Å². The third kappa shape index (κ3) is 3.58. The van der Waals surface area contributed by atoms with E-state index >= 15 is 0 Å². The smallest absolute Gasteiger partial charge is 0.164 e. The zero-order chi connectivity index (χ0) is 12.1. The molecule has 1 atom stereocenters. The van der Waals surface area contributed by atoms with E-state index in [0.29, 0.717) is 12.5 Å². The number of thioether (sulfide) groups is 1. The minimum Gasteiger partial charge on any atom is -0.302 e. The molecule has 2 nitrogen and oxygen atoms in total. The van der Waals surface area contributed by atoms with Gasteiger partial charge in [0.2, 0.25) is 0 Å². The minimum absolute atomic E-state index is 0.253. The van der Waals surface area contributed by atoms with Gasteiger partial charge in [-0.25, -0.2) is 0 Å². The zero-order valence-corrected chi connectivity index (χ0v) is 11.1. The van der Waals surface area contributed by atoms with Crippen LogP contribution in [0.15, 0.2) is 30.3 Å². The van der Waals surface area contributed by atoms with E-state index in [4.69, 9.17) is 0 Å². The summed E-state index contributed by atoms with van der Waals surface area (Å²) < 4.78 is 0. The Bertz CT molecular complexity index is 360. The highest BCUT2D eigenvalue weighted by Gasteiger charge is 2.20. The summed E-state index contributed by atoms with van der Waals surface area (Å²) in [6, 6.07) is 10.2. The molecule has 1 unspecified atom stereocenters. The lowest BCUT2D eigenvalue weighted by Gasteiger charge is -2.22. The molecule has 1 aliphatic rings. The van der Waals surface area contributed by atoms with Crippen LogP contribution in [0.1, 0.15) is 23.2 Å². The highest BCUT2D eigenvalue weighted by Crippen LogP contribution is 2.21. The Labute approximate surface area is 107 Å². The molecule has 1 aromatic carbocycles. The van der Waals surface area contributed by atoms with E-state index < -0.39 is 0 Å². The van der Waals surface area contributed by atoms with Crippen LogP contribution in [0.25, 0.3) is 0 Å². The number of Topliss-reactive ketones (excluding diaryl/α,β-unsaturated/α-hetero) is 1. The average molecular weight is 249 g/mol. The van der Waals surface area contributed by atoms with Crippen LogP contribution in [0.2, 0.25) is 0 Å². The predicted molar refractivity (Wildman–Crippen MR) is 73.7 cm³/mol. The van der Waals surface area contributed by atoms with Crippen molar-refractivity contribution >= 4 is 17.5 Å². The first-order chi connectivity index (χ1) is 8.27. The summed E-state index contributed by atoms with van der Waals surface area (Å²) in [7, 11) is 2.13. The molecule has 92 valence electrons. The monoisotopic (exact) mass is 249 g/mol. The third-order valence-electron chi connectivity index (χ3n) is 3.32. The van der Waals surface area contributed by atoms with Gasteiger partial charge in [0, 0.05) is 30.3 Å². The van der Waals surface area contributed by atoms with Gasteiger partial charge in [0.15, 0.2) is 5.78 Å². The van der Waals surface area contributed by atoms with Gasteiger partial charge in [0.05, 0.1) is 0 Å². The fraction of sp³-hybridized carbons (Fsp3) is 0.500. The first-order valence-corrected chi connectivity index (χ1v) is 7.29. The van der Waals surface area contributed by atoms with Crippen LogP contribution < -0.4 is 0 Å². The molecule has 0 amide bonds. The van der Waals surface area contributed by atoms with Crippen molar-refractivity contribution in [2.24, 2.45) is 0 Å². The molecular formula is C14H19NOS. The van der Waals surface area contributed by atoms with Crippen LogP contribution >= 0.6 is 11.8 Å². The van der Waals surface area contributed by atoms with E-state index in [1.807, 2.05) is 42.1 Å². The van der Waals surface area contributed by atoms with Crippen molar-refractivity contribution in [2.45, 2.75) is 18.9 Å². The molecule has 0 radical (unpaired) electrons. The number of benzene rings is 1. The number of ketones is 1. The second-order valence-electron chi connectivity index (χ2n) is 4.54. The Balaban J connectivity index is 1.80. The average Bonchev–Trinajstić information content (AvgIpc) is 2.90. The lowest BCUT2D eigenvalue weighted by Crippen LogP contribution is -2.33. The van der Waals surface area contributed by atoms with Gasteiger partial charge in [-0.2, -0.15) is 11.8 Å². The maximum atomic E-state index is 11.9. The Morgan fingerprint density at radius 2 is 2.18 bits per heavy atom. The van der Waals surface area contributed by atoms with E-state index in [9.17, 15) is 4.79 Å². The number of hydrogen-bond donors (Lipinski definition) is 0. The molecule has 0 spiro atoms. The highest BCUT2D eigenvalue weighted by atomic mass is 32.2. The van der Waals surface area contributed by atoms with Gasteiger partial charge in [0.25, 0.3) is 0 Å². The Kier molecular flexibility index (Phi) is 4.63. The van der Waals surface area contributed by atoms with Crippen molar-refractivity contribution in [1.29, 1.82) is 0 Å². The molecule has 1 heterocycles. The van der Waals surface area contributed by atoms with Crippen molar-refractivity contribution in [1.82, 2.24) is 4.90 Å². The predicted octanol–water partition coefficient (Wildman–Crippen LogP) is 2.70. The lowest BCUT2D eigenvalue weighted by molar-refractivity contribution is 0.0963. The second-order valence-corrected chi connectivity index (χ2v) is 5.69. The maximum Gasteiger partial charge on any atom is 0.164 e. The van der Waals surface area contributed by atoms with Crippen molar-refractivity contribution in [3.8, 4) is 0 Å². The number of rotatable bonds is 5. The maximum absolute atomic E-state index is 11.9. The largest absolute Gasteiger partial charge is 0.302 e. The van der Waals surface area contributed by atoms with Crippen molar-refractivity contribution < 1.29 is 4.79 Å². The molecule has 0 aromatic heterocycles. The normalized spacial score (nSPS) is 19.8. The SMILES string of the molecule is CN(CCC(=O)c1ccccc1)C1CCSC1. The first-order valence-electron chi connectivity index (χ1n) is 6.13. The first kappa shape index (κ1) is 12.7. The van der Waals surface area contributed by atoms with Gasteiger partial charge in [-0.3, -0.25) is 4.79 Å². The van der Waals surface area contributed by atoms with Crippen LogP contribution in [0, 0.1) is 0 Å². The number of carbonyl (C=O) groups is 1. The van der Waals surface area contributed by atoms with Crippen LogP contribution in [0.3, 0.4) is 0 Å². The molecule has 0 N–H and O–H groups in total. The summed E-state index contributed by atoms with van der Waals surface area (Å²) in [6.45, 7) is 0.874. The number of hydrogen-bond acceptors (Lipinski definition) is 3. The molecule has 1 aliphatic heterocycles. The van der Waals surface area contributed by atoms with Gasteiger partial charge in [-0.15, -0.1) is 0 Å². The molecule has 0 bridgehead atoms. The fourth-order valence-corrected chi connectivity index (χ4v) is 3.40. The molecule has 2 rings (SSSR count). The van der Waals surface area contributed by atoms with E-state index in [1.165, 1.54) is 17.9 Å². The van der Waals surface area contributed by atoms with Gasteiger partial charge in [0.1, 0.15) is 0 Å². The number of nitrogens with zero attached hydrogens (tertiary/aromatic N) is 1. The molecule has 3 heteroatoms. The highest BCUT2D eigenvalue weighted by molar-refractivity contribution is 7.99. The molecule has 0 aliphatic carbocycles. The van der Waals surface area contributed by atoms with Gasteiger partial charge in [-0.1, -0.05) is 30.3 Å². The van der Waals surface area contributed by atoms with Crippen LogP contribution in [0.4, 0.5) is 0 Å². The summed E-state index contributed by atoms with van der Waals surface area (Å²) in [5.41, 5.74) is 0.835. The number of carbonyl (C=O) groups excluding carboxylic acids is 1.